The van der Waals surface area contributed by atoms with E-state index in [0.29, 0.717) is 12.5 Å². The molecular weight excluding hydrogens is 264 g/mol. The summed E-state index contributed by atoms with van der Waals surface area (Å²) in [5.74, 6) is 0.553. The summed E-state index contributed by atoms with van der Waals surface area (Å²) in [4.78, 5) is 11.8. The fourth-order valence-corrected chi connectivity index (χ4v) is 2.67. The molecule has 3 N–H and O–H groups in total. The van der Waals surface area contributed by atoms with Crippen molar-refractivity contribution in [3.63, 3.8) is 0 Å². The minimum atomic E-state index is -0.709. The zero-order valence-electron chi connectivity index (χ0n) is 13.4. The van der Waals surface area contributed by atoms with Crippen molar-refractivity contribution in [2.75, 3.05) is 0 Å². The maximum absolute atomic E-state index is 11.8. The van der Waals surface area contributed by atoms with Crippen LogP contribution in [0.15, 0.2) is 18.2 Å². The molecule has 116 valence electrons. The molecule has 1 aromatic carbocycles. The molecule has 1 saturated carbocycles. The lowest BCUT2D eigenvalue weighted by molar-refractivity contribution is -0.124. The molecule has 1 aromatic rings. The number of primary amides is 1. The van der Waals surface area contributed by atoms with Gasteiger partial charge in [-0.25, -0.2) is 0 Å². The minimum absolute atomic E-state index is 0.0878. The van der Waals surface area contributed by atoms with Gasteiger partial charge in [-0.05, 0) is 52.2 Å². The SMILES string of the molecule is Cc1ccc(OC(C)CC(C)(NC2CC2)C(N)=O)c(C)c1. The van der Waals surface area contributed by atoms with Gasteiger partial charge in [-0.1, -0.05) is 17.7 Å². The molecule has 0 aliphatic heterocycles. The van der Waals surface area contributed by atoms with Gasteiger partial charge in [0.2, 0.25) is 5.91 Å². The second kappa shape index (κ2) is 6.06. The highest BCUT2D eigenvalue weighted by molar-refractivity contribution is 5.84. The van der Waals surface area contributed by atoms with E-state index in [1.54, 1.807) is 0 Å². The molecule has 4 nitrogen and oxygen atoms in total. The van der Waals surface area contributed by atoms with Gasteiger partial charge < -0.3 is 15.8 Å². The van der Waals surface area contributed by atoms with Crippen LogP contribution in [0.1, 0.15) is 44.2 Å². The quantitative estimate of drug-likeness (QED) is 0.810. The first kappa shape index (κ1) is 15.8. The van der Waals surface area contributed by atoms with Gasteiger partial charge in [0.05, 0.1) is 11.6 Å². The van der Waals surface area contributed by atoms with Crippen molar-refractivity contribution in [1.29, 1.82) is 0 Å². The summed E-state index contributed by atoms with van der Waals surface area (Å²) >= 11 is 0. The van der Waals surface area contributed by atoms with Gasteiger partial charge in [-0.15, -0.1) is 0 Å². The highest BCUT2D eigenvalue weighted by Gasteiger charge is 2.38. The van der Waals surface area contributed by atoms with Crippen LogP contribution in [-0.4, -0.2) is 23.6 Å². The van der Waals surface area contributed by atoms with Crippen molar-refractivity contribution in [3.8, 4) is 5.75 Å². The first-order valence-corrected chi connectivity index (χ1v) is 7.61. The van der Waals surface area contributed by atoms with Crippen molar-refractivity contribution < 1.29 is 9.53 Å². The minimum Gasteiger partial charge on any atom is -0.490 e. The second-order valence-corrected chi connectivity index (χ2v) is 6.52. The van der Waals surface area contributed by atoms with Crippen LogP contribution in [0.5, 0.6) is 5.75 Å². The lowest BCUT2D eigenvalue weighted by atomic mass is 9.93. The lowest BCUT2D eigenvalue weighted by Gasteiger charge is -2.31. The Labute approximate surface area is 127 Å². The van der Waals surface area contributed by atoms with Crippen molar-refractivity contribution in [3.05, 3.63) is 29.3 Å². The van der Waals surface area contributed by atoms with E-state index in [1.165, 1.54) is 5.56 Å². The number of nitrogens with one attached hydrogen (secondary N) is 1. The van der Waals surface area contributed by atoms with E-state index in [1.807, 2.05) is 32.9 Å². The molecule has 1 aliphatic rings. The fraction of sp³-hybridized carbons (Fsp3) is 0.588. The number of rotatable bonds is 7. The molecule has 1 aliphatic carbocycles. The van der Waals surface area contributed by atoms with Gasteiger partial charge in [0.15, 0.2) is 0 Å². The third kappa shape index (κ3) is 4.21. The summed E-state index contributed by atoms with van der Waals surface area (Å²) in [6, 6.07) is 6.54. The summed E-state index contributed by atoms with van der Waals surface area (Å²) < 4.78 is 6.00. The largest absolute Gasteiger partial charge is 0.490 e. The van der Waals surface area contributed by atoms with Crippen LogP contribution in [0.4, 0.5) is 0 Å². The Morgan fingerprint density at radius 1 is 1.48 bits per heavy atom. The molecule has 0 radical (unpaired) electrons. The predicted molar refractivity (Wildman–Crippen MR) is 84.4 cm³/mol. The zero-order chi connectivity index (χ0) is 15.6. The Bertz CT molecular complexity index is 526. The van der Waals surface area contributed by atoms with E-state index >= 15 is 0 Å². The number of carbonyl (C=O) groups is 1. The van der Waals surface area contributed by atoms with Gasteiger partial charge in [0, 0.05) is 12.5 Å². The molecule has 0 heterocycles. The number of amides is 1. The number of carbonyl (C=O) groups excluding carboxylic acids is 1. The summed E-state index contributed by atoms with van der Waals surface area (Å²) in [6.07, 6.45) is 2.71. The highest BCUT2D eigenvalue weighted by Crippen LogP contribution is 2.27. The summed E-state index contributed by atoms with van der Waals surface area (Å²) in [5.41, 5.74) is 7.19. The van der Waals surface area contributed by atoms with E-state index in [9.17, 15) is 4.79 Å². The van der Waals surface area contributed by atoms with Gasteiger partial charge >= 0.3 is 0 Å². The van der Waals surface area contributed by atoms with Crippen LogP contribution in [-0.2, 0) is 4.79 Å². The third-order valence-corrected chi connectivity index (χ3v) is 4.00. The molecule has 0 saturated heterocycles. The highest BCUT2D eigenvalue weighted by atomic mass is 16.5. The molecule has 21 heavy (non-hydrogen) atoms. The first-order valence-electron chi connectivity index (χ1n) is 7.61. The Hall–Kier alpha value is -1.55. The van der Waals surface area contributed by atoms with Gasteiger partial charge in [0.25, 0.3) is 0 Å². The normalized spacial score (nSPS) is 18.9. The fourth-order valence-electron chi connectivity index (χ4n) is 2.67. The maximum atomic E-state index is 11.8. The van der Waals surface area contributed by atoms with Gasteiger partial charge in [-0.3, -0.25) is 4.79 Å². The maximum Gasteiger partial charge on any atom is 0.237 e. The van der Waals surface area contributed by atoms with Crippen LogP contribution in [0.2, 0.25) is 0 Å². The first-order chi connectivity index (χ1) is 9.80. The van der Waals surface area contributed by atoms with E-state index in [4.69, 9.17) is 10.5 Å². The smallest absolute Gasteiger partial charge is 0.237 e. The summed E-state index contributed by atoms with van der Waals surface area (Å²) in [6.45, 7) is 7.94. The van der Waals surface area contributed by atoms with Gasteiger partial charge in [-0.2, -0.15) is 0 Å². The molecule has 4 heteroatoms. The summed E-state index contributed by atoms with van der Waals surface area (Å²) in [7, 11) is 0. The molecule has 0 bridgehead atoms. The Morgan fingerprint density at radius 2 is 2.14 bits per heavy atom. The van der Waals surface area contributed by atoms with E-state index in [-0.39, 0.29) is 12.0 Å². The molecule has 0 aromatic heterocycles. The van der Waals surface area contributed by atoms with Crippen molar-refractivity contribution in [2.45, 2.75) is 64.6 Å². The Kier molecular flexibility index (Phi) is 4.57. The topological polar surface area (TPSA) is 64.3 Å². The van der Waals surface area contributed by atoms with E-state index in [2.05, 4.69) is 18.3 Å². The van der Waals surface area contributed by atoms with Crippen molar-refractivity contribution in [1.82, 2.24) is 5.32 Å². The second-order valence-electron chi connectivity index (χ2n) is 6.52. The molecular formula is C17H26N2O2. The molecule has 1 fully saturated rings. The zero-order valence-corrected chi connectivity index (χ0v) is 13.4. The molecule has 2 rings (SSSR count). The standard InChI is InChI=1S/C17H26N2O2/c1-11-5-8-15(12(2)9-11)21-13(3)10-17(4,16(18)20)19-14-6-7-14/h5,8-9,13-14,19H,6-7,10H2,1-4H3,(H2,18,20). The van der Waals surface area contributed by atoms with Crippen LogP contribution in [0, 0.1) is 13.8 Å². The van der Waals surface area contributed by atoms with E-state index < -0.39 is 5.54 Å². The molecule has 0 spiro atoms. The predicted octanol–water partition coefficient (Wildman–Crippen LogP) is 2.46. The Balaban J connectivity index is 2.01. The number of hydrogen-bond donors (Lipinski definition) is 2. The van der Waals surface area contributed by atoms with Crippen LogP contribution in [0.25, 0.3) is 0 Å². The number of aryl methyl sites for hydroxylation is 2. The van der Waals surface area contributed by atoms with Gasteiger partial charge in [0.1, 0.15) is 5.75 Å². The number of ether oxygens (including phenoxy) is 1. The number of benzene rings is 1. The Morgan fingerprint density at radius 3 is 2.67 bits per heavy atom. The van der Waals surface area contributed by atoms with Crippen LogP contribution < -0.4 is 15.8 Å². The monoisotopic (exact) mass is 290 g/mol. The average molecular weight is 290 g/mol. The van der Waals surface area contributed by atoms with Crippen molar-refractivity contribution in [2.24, 2.45) is 5.73 Å². The lowest BCUT2D eigenvalue weighted by Crippen LogP contribution is -2.55. The molecule has 1 amide bonds. The van der Waals surface area contributed by atoms with Crippen LogP contribution >= 0.6 is 0 Å². The third-order valence-electron chi connectivity index (χ3n) is 4.00. The van der Waals surface area contributed by atoms with Crippen molar-refractivity contribution >= 4 is 5.91 Å². The average Bonchev–Trinajstić information content (AvgIpc) is 3.16. The van der Waals surface area contributed by atoms with Crippen LogP contribution in [0.3, 0.4) is 0 Å². The van der Waals surface area contributed by atoms with E-state index in [0.717, 1.165) is 24.2 Å². The molecule has 2 atom stereocenters. The molecule has 2 unspecified atom stereocenters. The summed E-state index contributed by atoms with van der Waals surface area (Å²) in [5, 5.41) is 3.35. The number of hydrogen-bond acceptors (Lipinski definition) is 3. The number of nitrogens with two attached hydrogens (primary N) is 1.